The van der Waals surface area contributed by atoms with Crippen molar-refractivity contribution >= 4 is 34.7 Å². The van der Waals surface area contributed by atoms with E-state index in [2.05, 4.69) is 10.3 Å². The first-order chi connectivity index (χ1) is 17.6. The zero-order chi connectivity index (χ0) is 25.1. The van der Waals surface area contributed by atoms with Gasteiger partial charge in [-0.05, 0) is 35.9 Å². The average Bonchev–Trinajstić information content (AvgIpc) is 3.35. The summed E-state index contributed by atoms with van der Waals surface area (Å²) >= 11 is 0. The number of carbonyl (C=O) groups excluding carboxylic acids is 2. The van der Waals surface area contributed by atoms with E-state index in [4.69, 9.17) is 18.6 Å². The SMILES string of the molecule is COC(=O)c1ccc(Nc2nc3cccc(-c4ccc(C(=O)N5CCOCC5)cc4)c3o2)cc1OC. The van der Waals surface area contributed by atoms with Crippen LogP contribution < -0.4 is 10.1 Å². The van der Waals surface area contributed by atoms with Crippen molar-refractivity contribution < 1.29 is 28.2 Å². The molecule has 0 unspecified atom stereocenters. The molecule has 0 bridgehead atoms. The Morgan fingerprint density at radius 1 is 1.00 bits per heavy atom. The highest BCUT2D eigenvalue weighted by Gasteiger charge is 2.19. The Morgan fingerprint density at radius 3 is 2.50 bits per heavy atom. The number of hydrogen-bond donors (Lipinski definition) is 1. The van der Waals surface area contributed by atoms with Crippen LogP contribution in [-0.2, 0) is 9.47 Å². The third-order valence-electron chi connectivity index (χ3n) is 6.01. The molecule has 0 aliphatic carbocycles. The van der Waals surface area contributed by atoms with Crippen molar-refractivity contribution in [2.75, 3.05) is 45.8 Å². The average molecular weight is 488 g/mol. The number of carbonyl (C=O) groups is 2. The van der Waals surface area contributed by atoms with E-state index < -0.39 is 5.97 Å². The Balaban J connectivity index is 1.39. The molecule has 0 atom stereocenters. The standard InChI is InChI=1S/C27H25N3O6/c1-33-23-16-19(10-11-21(23)26(32)34-2)28-27-29-22-5-3-4-20(24(22)36-27)17-6-8-18(9-7-17)25(31)30-12-14-35-15-13-30/h3-11,16H,12-15H2,1-2H3,(H,28,29). The molecular weight excluding hydrogens is 462 g/mol. The van der Waals surface area contributed by atoms with Gasteiger partial charge in [0.15, 0.2) is 5.58 Å². The van der Waals surface area contributed by atoms with Crippen LogP contribution in [0.5, 0.6) is 5.75 Å². The second kappa shape index (κ2) is 10.1. The largest absolute Gasteiger partial charge is 0.496 e. The summed E-state index contributed by atoms with van der Waals surface area (Å²) in [6, 6.07) is 18.5. The molecule has 2 heterocycles. The number of amides is 1. The van der Waals surface area contributed by atoms with E-state index in [1.54, 1.807) is 23.1 Å². The molecule has 1 aliphatic heterocycles. The quantitative estimate of drug-likeness (QED) is 0.397. The molecule has 3 aromatic carbocycles. The first kappa shape index (κ1) is 23.4. The number of ether oxygens (including phenoxy) is 3. The second-order valence-electron chi connectivity index (χ2n) is 8.19. The fourth-order valence-electron chi connectivity index (χ4n) is 4.14. The number of nitrogens with zero attached hydrogens (tertiary/aromatic N) is 2. The summed E-state index contributed by atoms with van der Waals surface area (Å²) < 4.78 is 21.5. The fourth-order valence-corrected chi connectivity index (χ4v) is 4.14. The number of oxazole rings is 1. The third kappa shape index (κ3) is 4.60. The molecule has 184 valence electrons. The van der Waals surface area contributed by atoms with E-state index in [1.165, 1.54) is 14.2 Å². The highest BCUT2D eigenvalue weighted by molar-refractivity contribution is 5.96. The van der Waals surface area contributed by atoms with Crippen LogP contribution in [0.1, 0.15) is 20.7 Å². The predicted molar refractivity (Wildman–Crippen MR) is 134 cm³/mol. The first-order valence-electron chi connectivity index (χ1n) is 11.5. The lowest BCUT2D eigenvalue weighted by molar-refractivity contribution is 0.0303. The van der Waals surface area contributed by atoms with Crippen molar-refractivity contribution in [3.63, 3.8) is 0 Å². The molecule has 1 amide bonds. The van der Waals surface area contributed by atoms with Gasteiger partial charge in [0.05, 0.1) is 27.4 Å². The van der Waals surface area contributed by atoms with E-state index in [1.807, 2.05) is 42.5 Å². The minimum atomic E-state index is -0.484. The number of hydrogen-bond acceptors (Lipinski definition) is 8. The maximum absolute atomic E-state index is 12.8. The number of benzene rings is 3. The second-order valence-corrected chi connectivity index (χ2v) is 8.19. The third-order valence-corrected chi connectivity index (χ3v) is 6.01. The molecule has 1 saturated heterocycles. The van der Waals surface area contributed by atoms with E-state index in [0.717, 1.165) is 11.1 Å². The number of methoxy groups -OCH3 is 2. The molecule has 1 fully saturated rings. The maximum atomic E-state index is 12.8. The lowest BCUT2D eigenvalue weighted by Gasteiger charge is -2.26. The number of anilines is 2. The van der Waals surface area contributed by atoms with Gasteiger partial charge < -0.3 is 28.8 Å². The van der Waals surface area contributed by atoms with Crippen LogP contribution in [0.3, 0.4) is 0 Å². The van der Waals surface area contributed by atoms with Gasteiger partial charge in [0.1, 0.15) is 16.8 Å². The summed E-state index contributed by atoms with van der Waals surface area (Å²) in [5, 5.41) is 3.12. The Labute approximate surface area is 207 Å². The summed E-state index contributed by atoms with van der Waals surface area (Å²) in [7, 11) is 2.80. The number of aromatic nitrogens is 1. The number of esters is 1. The van der Waals surface area contributed by atoms with E-state index in [-0.39, 0.29) is 5.91 Å². The minimum Gasteiger partial charge on any atom is -0.496 e. The number of para-hydroxylation sites is 1. The van der Waals surface area contributed by atoms with Gasteiger partial charge in [-0.2, -0.15) is 4.98 Å². The van der Waals surface area contributed by atoms with E-state index in [9.17, 15) is 9.59 Å². The van der Waals surface area contributed by atoms with Crippen LogP contribution in [0.2, 0.25) is 0 Å². The highest BCUT2D eigenvalue weighted by Crippen LogP contribution is 2.33. The van der Waals surface area contributed by atoms with Crippen molar-refractivity contribution in [1.82, 2.24) is 9.88 Å². The summed E-state index contributed by atoms with van der Waals surface area (Å²) in [5.74, 6) is -0.110. The van der Waals surface area contributed by atoms with Crippen LogP contribution in [0, 0.1) is 0 Å². The predicted octanol–water partition coefficient (Wildman–Crippen LogP) is 4.51. The van der Waals surface area contributed by atoms with Crippen LogP contribution in [0.25, 0.3) is 22.2 Å². The molecule has 36 heavy (non-hydrogen) atoms. The molecule has 9 heteroatoms. The molecule has 5 rings (SSSR count). The van der Waals surface area contributed by atoms with Crippen LogP contribution >= 0.6 is 0 Å². The van der Waals surface area contributed by atoms with Crippen molar-refractivity contribution in [2.45, 2.75) is 0 Å². The lowest BCUT2D eigenvalue weighted by atomic mass is 10.0. The normalized spacial score (nSPS) is 13.4. The van der Waals surface area contributed by atoms with Gasteiger partial charge in [-0.1, -0.05) is 24.3 Å². The van der Waals surface area contributed by atoms with Gasteiger partial charge >= 0.3 is 5.97 Å². The Morgan fingerprint density at radius 2 is 1.78 bits per heavy atom. The topological polar surface area (TPSA) is 103 Å². The Hall–Kier alpha value is -4.37. The number of fused-ring (bicyclic) bond motifs is 1. The van der Waals surface area contributed by atoms with E-state index in [0.29, 0.717) is 66.0 Å². The molecule has 0 saturated carbocycles. The molecule has 9 nitrogen and oxygen atoms in total. The molecule has 1 aliphatic rings. The van der Waals surface area contributed by atoms with E-state index >= 15 is 0 Å². The van der Waals surface area contributed by atoms with Gasteiger partial charge in [0.25, 0.3) is 11.9 Å². The number of rotatable bonds is 6. The van der Waals surface area contributed by atoms with Gasteiger partial charge in [0.2, 0.25) is 0 Å². The van der Waals surface area contributed by atoms with Gasteiger partial charge in [-0.3, -0.25) is 4.79 Å². The molecular formula is C27H25N3O6. The van der Waals surface area contributed by atoms with Gasteiger partial charge in [0, 0.05) is 36.0 Å². The Bertz CT molecular complexity index is 1410. The van der Waals surface area contributed by atoms with Gasteiger partial charge in [-0.25, -0.2) is 4.79 Å². The van der Waals surface area contributed by atoms with Crippen LogP contribution in [-0.4, -0.2) is 62.3 Å². The Kier molecular flexibility index (Phi) is 6.55. The number of morpholine rings is 1. The molecule has 1 N–H and O–H groups in total. The van der Waals surface area contributed by atoms with Crippen LogP contribution in [0.15, 0.2) is 65.1 Å². The summed E-state index contributed by atoms with van der Waals surface area (Å²) in [4.78, 5) is 31.0. The zero-order valence-electron chi connectivity index (χ0n) is 19.9. The van der Waals surface area contributed by atoms with Crippen molar-refractivity contribution in [3.8, 4) is 16.9 Å². The number of nitrogens with one attached hydrogen (secondary N) is 1. The summed E-state index contributed by atoms with van der Waals surface area (Å²) in [5.41, 5.74) is 4.66. The zero-order valence-corrected chi connectivity index (χ0v) is 19.9. The monoisotopic (exact) mass is 487 g/mol. The maximum Gasteiger partial charge on any atom is 0.341 e. The van der Waals surface area contributed by atoms with Crippen LogP contribution in [0.4, 0.5) is 11.7 Å². The van der Waals surface area contributed by atoms with Crippen molar-refractivity contribution in [1.29, 1.82) is 0 Å². The molecule has 1 aromatic heterocycles. The first-order valence-corrected chi connectivity index (χ1v) is 11.5. The van der Waals surface area contributed by atoms with Crippen molar-refractivity contribution in [2.24, 2.45) is 0 Å². The summed E-state index contributed by atoms with van der Waals surface area (Å²) in [6.07, 6.45) is 0. The van der Waals surface area contributed by atoms with Gasteiger partial charge in [-0.15, -0.1) is 0 Å². The fraction of sp³-hybridized carbons (Fsp3) is 0.222. The summed E-state index contributed by atoms with van der Waals surface area (Å²) in [6.45, 7) is 2.34. The lowest BCUT2D eigenvalue weighted by Crippen LogP contribution is -2.40. The molecule has 0 radical (unpaired) electrons. The molecule has 0 spiro atoms. The molecule has 4 aromatic rings. The van der Waals surface area contributed by atoms with Crippen molar-refractivity contribution in [3.05, 3.63) is 71.8 Å². The smallest absolute Gasteiger partial charge is 0.341 e. The highest BCUT2D eigenvalue weighted by atomic mass is 16.5. The minimum absolute atomic E-state index is 0.00264.